The minimum absolute atomic E-state index is 0.0872. The Balaban J connectivity index is 5.39. The number of primary amides is 1. The number of nitrogens with two attached hydrogens (primary N) is 2. The summed E-state index contributed by atoms with van der Waals surface area (Å²) in [5.74, 6) is -3.33. The lowest BCUT2D eigenvalue weighted by atomic mass is 9.99. The molecule has 0 aromatic carbocycles. The van der Waals surface area contributed by atoms with Crippen LogP contribution >= 0.6 is 11.8 Å². The molecule has 0 fully saturated rings. The number of carbonyl (C=O) groups is 5. The Morgan fingerprint density at radius 2 is 1.45 bits per heavy atom. The highest BCUT2D eigenvalue weighted by molar-refractivity contribution is 7.98. The van der Waals surface area contributed by atoms with Gasteiger partial charge in [0.15, 0.2) is 0 Å². The van der Waals surface area contributed by atoms with Crippen LogP contribution in [-0.2, 0) is 24.0 Å². The van der Waals surface area contributed by atoms with Gasteiger partial charge in [-0.2, -0.15) is 11.8 Å². The zero-order valence-corrected chi connectivity index (χ0v) is 19.3. The number of aliphatic carboxylic acids is 1. The smallest absolute Gasteiger partial charge is 0.325 e. The zero-order valence-electron chi connectivity index (χ0n) is 18.5. The van der Waals surface area contributed by atoms with Crippen LogP contribution in [0.3, 0.4) is 0 Å². The molecule has 0 bridgehead atoms. The van der Waals surface area contributed by atoms with Crippen molar-refractivity contribution in [2.24, 2.45) is 17.4 Å². The average Bonchev–Trinajstić information content (AvgIpc) is 2.71. The van der Waals surface area contributed by atoms with Crippen molar-refractivity contribution < 1.29 is 29.1 Å². The van der Waals surface area contributed by atoms with Gasteiger partial charge in [-0.25, -0.2) is 0 Å². The number of thioether (sulfide) groups is 1. The van der Waals surface area contributed by atoms with E-state index in [9.17, 15) is 24.0 Å². The summed E-state index contributed by atoms with van der Waals surface area (Å²) < 4.78 is 0. The van der Waals surface area contributed by atoms with Gasteiger partial charge >= 0.3 is 5.97 Å². The van der Waals surface area contributed by atoms with Gasteiger partial charge in [0.1, 0.15) is 18.1 Å². The second kappa shape index (κ2) is 14.6. The average molecular weight is 462 g/mol. The van der Waals surface area contributed by atoms with Gasteiger partial charge in [-0.3, -0.25) is 24.0 Å². The summed E-state index contributed by atoms with van der Waals surface area (Å²) in [4.78, 5) is 59.9. The van der Waals surface area contributed by atoms with Crippen LogP contribution in [0.5, 0.6) is 0 Å². The van der Waals surface area contributed by atoms with Crippen molar-refractivity contribution in [1.29, 1.82) is 0 Å². The van der Waals surface area contributed by atoms with Gasteiger partial charge in [0.05, 0.1) is 6.04 Å². The highest BCUT2D eigenvalue weighted by atomic mass is 32.2. The Kier molecular flexibility index (Phi) is 13.5. The Morgan fingerprint density at radius 3 is 1.94 bits per heavy atom. The number of carboxylic acid groups (broad SMARTS) is 1. The van der Waals surface area contributed by atoms with Crippen LogP contribution in [0.15, 0.2) is 0 Å². The predicted octanol–water partition coefficient (Wildman–Crippen LogP) is -1.06. The van der Waals surface area contributed by atoms with Crippen LogP contribution in [0.2, 0.25) is 0 Å². The van der Waals surface area contributed by atoms with Gasteiger partial charge in [0.2, 0.25) is 23.6 Å². The van der Waals surface area contributed by atoms with Crippen LogP contribution < -0.4 is 27.4 Å². The largest absolute Gasteiger partial charge is 0.480 e. The van der Waals surface area contributed by atoms with Crippen molar-refractivity contribution in [2.75, 3.05) is 12.0 Å². The molecule has 31 heavy (non-hydrogen) atoms. The normalized spacial score (nSPS) is 15.6. The van der Waals surface area contributed by atoms with Crippen molar-refractivity contribution in [1.82, 2.24) is 16.0 Å². The van der Waals surface area contributed by atoms with E-state index in [4.69, 9.17) is 16.6 Å². The van der Waals surface area contributed by atoms with Crippen molar-refractivity contribution in [3.63, 3.8) is 0 Å². The summed E-state index contributed by atoms with van der Waals surface area (Å²) >= 11 is 1.48. The third kappa shape index (κ3) is 11.0. The van der Waals surface area contributed by atoms with Crippen LogP contribution in [0.4, 0.5) is 0 Å². The number of nitrogens with one attached hydrogen (secondary N) is 3. The van der Waals surface area contributed by atoms with E-state index in [1.165, 1.54) is 18.7 Å². The molecule has 0 radical (unpaired) electrons. The topological polar surface area (TPSA) is 194 Å². The monoisotopic (exact) mass is 461 g/mol. The number of hydrogen-bond acceptors (Lipinski definition) is 7. The number of carbonyl (C=O) groups excluding carboxylic acids is 4. The highest BCUT2D eigenvalue weighted by Crippen LogP contribution is 2.08. The minimum atomic E-state index is -1.25. The fourth-order valence-electron chi connectivity index (χ4n) is 2.49. The summed E-state index contributed by atoms with van der Waals surface area (Å²) in [6.07, 6.45) is 2.52. The molecule has 0 aromatic heterocycles. The van der Waals surface area contributed by atoms with Gasteiger partial charge in [0, 0.05) is 6.42 Å². The molecule has 0 aliphatic rings. The maximum Gasteiger partial charge on any atom is 0.325 e. The first-order valence-electron chi connectivity index (χ1n) is 10.1. The summed E-state index contributed by atoms with van der Waals surface area (Å²) in [7, 11) is 0. The molecular weight excluding hydrogens is 426 g/mol. The van der Waals surface area contributed by atoms with Crippen LogP contribution in [0, 0.1) is 5.92 Å². The van der Waals surface area contributed by atoms with E-state index in [0.717, 1.165) is 0 Å². The molecule has 5 unspecified atom stereocenters. The molecule has 8 N–H and O–H groups in total. The van der Waals surface area contributed by atoms with Crippen molar-refractivity contribution >= 4 is 41.4 Å². The Bertz CT molecular complexity index is 647. The molecule has 0 rings (SSSR count). The molecule has 0 saturated carbocycles. The summed E-state index contributed by atoms with van der Waals surface area (Å²) in [6, 6.07) is -4.13. The molecule has 5 atom stereocenters. The van der Waals surface area contributed by atoms with Crippen LogP contribution in [0.25, 0.3) is 0 Å². The van der Waals surface area contributed by atoms with Gasteiger partial charge in [-0.05, 0) is 37.7 Å². The van der Waals surface area contributed by atoms with Crippen LogP contribution in [-0.4, -0.2) is 70.9 Å². The molecule has 0 aliphatic heterocycles. The number of carboxylic acids is 1. The van der Waals surface area contributed by atoms with Gasteiger partial charge < -0.3 is 32.5 Å². The quantitative estimate of drug-likeness (QED) is 0.177. The van der Waals surface area contributed by atoms with Crippen molar-refractivity contribution in [2.45, 2.75) is 70.6 Å². The Hall–Kier alpha value is -2.34. The lowest BCUT2D eigenvalue weighted by molar-refractivity contribution is -0.142. The molecule has 0 aromatic rings. The Morgan fingerprint density at radius 1 is 0.935 bits per heavy atom. The minimum Gasteiger partial charge on any atom is -0.480 e. The fourth-order valence-corrected chi connectivity index (χ4v) is 2.96. The van der Waals surface area contributed by atoms with E-state index in [1.807, 2.05) is 20.1 Å². The number of rotatable bonds is 15. The first-order valence-corrected chi connectivity index (χ1v) is 11.5. The fraction of sp³-hybridized carbons (Fsp3) is 0.737. The Labute approximate surface area is 186 Å². The molecule has 178 valence electrons. The van der Waals surface area contributed by atoms with Gasteiger partial charge in [0.25, 0.3) is 0 Å². The van der Waals surface area contributed by atoms with Crippen LogP contribution in [0.1, 0.15) is 46.5 Å². The van der Waals surface area contributed by atoms with E-state index in [0.29, 0.717) is 18.6 Å². The molecule has 0 saturated heterocycles. The SMILES string of the molecule is CCC(C)C(N)C(=O)NC(CCSC)C(=O)NC(CCC(N)=O)C(=O)NC(C)C(=O)O. The number of hydrogen-bond donors (Lipinski definition) is 6. The second-order valence-electron chi connectivity index (χ2n) is 7.39. The zero-order chi connectivity index (χ0) is 24.1. The lowest BCUT2D eigenvalue weighted by Gasteiger charge is -2.25. The maximum absolute atomic E-state index is 12.8. The summed E-state index contributed by atoms with van der Waals surface area (Å²) in [5.41, 5.74) is 11.1. The second-order valence-corrected chi connectivity index (χ2v) is 8.37. The molecule has 11 nitrogen and oxygen atoms in total. The van der Waals surface area contributed by atoms with Gasteiger partial charge in [-0.15, -0.1) is 0 Å². The summed E-state index contributed by atoms with van der Waals surface area (Å²) in [6.45, 7) is 5.00. The third-order valence-electron chi connectivity index (χ3n) is 4.84. The van der Waals surface area contributed by atoms with E-state index in [1.54, 1.807) is 0 Å². The van der Waals surface area contributed by atoms with Crippen molar-refractivity contribution in [3.05, 3.63) is 0 Å². The molecule has 0 heterocycles. The first kappa shape index (κ1) is 28.7. The van der Waals surface area contributed by atoms with E-state index in [-0.39, 0.29) is 18.8 Å². The van der Waals surface area contributed by atoms with E-state index < -0.39 is 53.8 Å². The first-order chi connectivity index (χ1) is 14.4. The molecule has 4 amide bonds. The lowest BCUT2D eigenvalue weighted by Crippen LogP contribution is -2.57. The standard InChI is InChI=1S/C19H35N5O6S/c1-5-10(2)15(21)18(28)24-13(8-9-31-4)17(27)23-12(6-7-14(20)25)16(26)22-11(3)19(29)30/h10-13,15H,5-9,21H2,1-4H3,(H2,20,25)(H,22,26)(H,23,27)(H,24,28)(H,29,30). The van der Waals surface area contributed by atoms with E-state index in [2.05, 4.69) is 16.0 Å². The highest BCUT2D eigenvalue weighted by Gasteiger charge is 2.30. The van der Waals surface area contributed by atoms with Gasteiger partial charge in [-0.1, -0.05) is 20.3 Å². The number of amides is 4. The summed E-state index contributed by atoms with van der Waals surface area (Å²) in [5, 5.41) is 16.4. The van der Waals surface area contributed by atoms with Crippen molar-refractivity contribution in [3.8, 4) is 0 Å². The van der Waals surface area contributed by atoms with E-state index >= 15 is 0 Å². The predicted molar refractivity (Wildman–Crippen MR) is 118 cm³/mol. The molecular formula is C19H35N5O6S. The molecule has 0 spiro atoms. The molecule has 12 heteroatoms. The molecule has 0 aliphatic carbocycles. The maximum atomic E-state index is 12.8. The third-order valence-corrected chi connectivity index (χ3v) is 5.49.